The van der Waals surface area contributed by atoms with E-state index < -0.39 is 0 Å². The molecule has 0 spiro atoms. The fourth-order valence-electron chi connectivity index (χ4n) is 2.17. The summed E-state index contributed by atoms with van der Waals surface area (Å²) >= 11 is 3.38. The molecule has 1 nitrogen and oxygen atoms in total. The van der Waals surface area contributed by atoms with Gasteiger partial charge in [-0.15, -0.1) is 0 Å². The highest BCUT2D eigenvalue weighted by atomic mass is 79.9. The standard InChI is InChI=1S/C17H19BrFN/c1-11(2)12-3-5-13(6-4-12)17(20)9-14-7-8-15(19)10-16(14)18/h3-8,10-11,17H,9,20H2,1-2H3. The van der Waals surface area contributed by atoms with Crippen LogP contribution in [0, 0.1) is 5.82 Å². The molecule has 0 saturated heterocycles. The van der Waals surface area contributed by atoms with Gasteiger partial charge in [0.25, 0.3) is 0 Å². The Hall–Kier alpha value is -1.19. The van der Waals surface area contributed by atoms with E-state index in [-0.39, 0.29) is 11.9 Å². The smallest absolute Gasteiger partial charge is 0.124 e. The highest BCUT2D eigenvalue weighted by Gasteiger charge is 2.10. The van der Waals surface area contributed by atoms with Crippen molar-refractivity contribution in [2.24, 2.45) is 5.73 Å². The van der Waals surface area contributed by atoms with E-state index in [2.05, 4.69) is 54.0 Å². The fourth-order valence-corrected chi connectivity index (χ4v) is 2.68. The SMILES string of the molecule is CC(C)c1ccc(C(N)Cc2ccc(F)cc2Br)cc1. The van der Waals surface area contributed by atoms with Crippen molar-refractivity contribution in [2.45, 2.75) is 32.2 Å². The van der Waals surface area contributed by atoms with Crippen LogP contribution in [0.3, 0.4) is 0 Å². The predicted molar refractivity (Wildman–Crippen MR) is 85.3 cm³/mol. The van der Waals surface area contributed by atoms with Crippen LogP contribution in [0.4, 0.5) is 4.39 Å². The minimum Gasteiger partial charge on any atom is -0.324 e. The molecule has 0 amide bonds. The molecule has 0 saturated carbocycles. The summed E-state index contributed by atoms with van der Waals surface area (Å²) in [6.45, 7) is 4.34. The number of hydrogen-bond donors (Lipinski definition) is 1. The molecular weight excluding hydrogens is 317 g/mol. The molecule has 0 heterocycles. The van der Waals surface area contributed by atoms with Gasteiger partial charge in [-0.1, -0.05) is 60.1 Å². The Morgan fingerprint density at radius 2 is 1.65 bits per heavy atom. The number of halogens is 2. The molecule has 2 N–H and O–H groups in total. The van der Waals surface area contributed by atoms with Gasteiger partial charge < -0.3 is 5.73 Å². The lowest BCUT2D eigenvalue weighted by molar-refractivity contribution is 0.624. The summed E-state index contributed by atoms with van der Waals surface area (Å²) in [6.07, 6.45) is 0.682. The van der Waals surface area contributed by atoms with E-state index in [1.807, 2.05) is 0 Å². The van der Waals surface area contributed by atoms with Crippen LogP contribution < -0.4 is 5.73 Å². The third kappa shape index (κ3) is 3.68. The normalized spacial score (nSPS) is 12.7. The molecule has 2 aromatic rings. The Morgan fingerprint density at radius 1 is 1.05 bits per heavy atom. The maximum Gasteiger partial charge on any atom is 0.124 e. The highest BCUT2D eigenvalue weighted by Crippen LogP contribution is 2.24. The van der Waals surface area contributed by atoms with Gasteiger partial charge in [0.1, 0.15) is 5.82 Å². The third-order valence-electron chi connectivity index (χ3n) is 3.49. The number of nitrogens with two attached hydrogens (primary N) is 1. The molecule has 2 rings (SSSR count). The van der Waals surface area contributed by atoms with Gasteiger partial charge in [-0.25, -0.2) is 4.39 Å². The van der Waals surface area contributed by atoms with Gasteiger partial charge in [0.2, 0.25) is 0 Å². The van der Waals surface area contributed by atoms with Crippen LogP contribution in [-0.4, -0.2) is 0 Å². The molecule has 2 aromatic carbocycles. The number of benzene rings is 2. The second-order valence-corrected chi connectivity index (χ2v) is 6.22. The molecule has 0 aromatic heterocycles. The molecule has 0 bridgehead atoms. The average Bonchev–Trinajstić information content (AvgIpc) is 2.42. The van der Waals surface area contributed by atoms with Crippen molar-refractivity contribution in [1.82, 2.24) is 0 Å². The molecule has 20 heavy (non-hydrogen) atoms. The maximum atomic E-state index is 13.1. The van der Waals surface area contributed by atoms with Gasteiger partial charge in [-0.2, -0.15) is 0 Å². The monoisotopic (exact) mass is 335 g/mol. The van der Waals surface area contributed by atoms with Gasteiger partial charge in [-0.05, 0) is 41.2 Å². The Morgan fingerprint density at radius 3 is 2.20 bits per heavy atom. The lowest BCUT2D eigenvalue weighted by Crippen LogP contribution is -2.13. The molecule has 106 valence electrons. The van der Waals surface area contributed by atoms with Crippen LogP contribution in [0.25, 0.3) is 0 Å². The molecule has 0 aliphatic heterocycles. The largest absolute Gasteiger partial charge is 0.324 e. The maximum absolute atomic E-state index is 13.1. The minimum absolute atomic E-state index is 0.0852. The van der Waals surface area contributed by atoms with E-state index in [9.17, 15) is 4.39 Å². The predicted octanol–water partition coefficient (Wildman–Crippen LogP) is 4.95. The van der Waals surface area contributed by atoms with Crippen LogP contribution in [0.15, 0.2) is 46.9 Å². The first-order valence-corrected chi connectivity index (χ1v) is 7.56. The first-order chi connectivity index (χ1) is 9.47. The van der Waals surface area contributed by atoms with E-state index in [0.717, 1.165) is 15.6 Å². The van der Waals surface area contributed by atoms with Crippen molar-refractivity contribution in [3.05, 3.63) is 69.4 Å². The Kier molecular flexibility index (Phi) is 4.95. The first-order valence-electron chi connectivity index (χ1n) is 6.76. The zero-order chi connectivity index (χ0) is 14.7. The summed E-state index contributed by atoms with van der Waals surface area (Å²) in [7, 11) is 0. The summed E-state index contributed by atoms with van der Waals surface area (Å²) < 4.78 is 13.8. The second-order valence-electron chi connectivity index (χ2n) is 5.37. The van der Waals surface area contributed by atoms with Gasteiger partial charge in [-0.3, -0.25) is 0 Å². The van der Waals surface area contributed by atoms with Crippen LogP contribution >= 0.6 is 15.9 Å². The fraction of sp³-hybridized carbons (Fsp3) is 0.294. The zero-order valence-corrected chi connectivity index (χ0v) is 13.3. The van der Waals surface area contributed by atoms with E-state index in [1.165, 1.54) is 17.7 Å². The van der Waals surface area contributed by atoms with Gasteiger partial charge in [0.05, 0.1) is 0 Å². The quantitative estimate of drug-likeness (QED) is 0.840. The van der Waals surface area contributed by atoms with Crippen LogP contribution in [0.5, 0.6) is 0 Å². The van der Waals surface area contributed by atoms with E-state index in [4.69, 9.17) is 5.73 Å². The molecule has 3 heteroatoms. The van der Waals surface area contributed by atoms with Crippen molar-refractivity contribution in [3.8, 4) is 0 Å². The van der Waals surface area contributed by atoms with Crippen molar-refractivity contribution in [2.75, 3.05) is 0 Å². The molecule has 0 radical (unpaired) electrons. The summed E-state index contributed by atoms with van der Waals surface area (Å²) in [4.78, 5) is 0. The van der Waals surface area contributed by atoms with Gasteiger partial charge >= 0.3 is 0 Å². The Labute approximate surface area is 128 Å². The zero-order valence-electron chi connectivity index (χ0n) is 11.7. The van der Waals surface area contributed by atoms with Crippen molar-refractivity contribution in [1.29, 1.82) is 0 Å². The van der Waals surface area contributed by atoms with Crippen molar-refractivity contribution in [3.63, 3.8) is 0 Å². The average molecular weight is 336 g/mol. The summed E-state index contributed by atoms with van der Waals surface area (Å²) in [5, 5.41) is 0. The number of rotatable bonds is 4. The Bertz CT molecular complexity index is 578. The molecule has 1 atom stereocenters. The molecule has 0 aliphatic rings. The highest BCUT2D eigenvalue weighted by molar-refractivity contribution is 9.10. The summed E-state index contributed by atoms with van der Waals surface area (Å²) in [5.74, 6) is 0.280. The number of hydrogen-bond acceptors (Lipinski definition) is 1. The van der Waals surface area contributed by atoms with Crippen LogP contribution in [0.2, 0.25) is 0 Å². The molecule has 0 fully saturated rings. The van der Waals surface area contributed by atoms with E-state index in [1.54, 1.807) is 6.07 Å². The van der Waals surface area contributed by atoms with E-state index >= 15 is 0 Å². The van der Waals surface area contributed by atoms with Gasteiger partial charge in [0, 0.05) is 10.5 Å². The van der Waals surface area contributed by atoms with E-state index in [0.29, 0.717) is 12.3 Å². The first kappa shape index (κ1) is 15.2. The minimum atomic E-state index is -0.240. The van der Waals surface area contributed by atoms with Crippen molar-refractivity contribution >= 4 is 15.9 Å². The third-order valence-corrected chi connectivity index (χ3v) is 4.22. The second kappa shape index (κ2) is 6.51. The molecule has 0 aliphatic carbocycles. The molecular formula is C17H19BrFN. The van der Waals surface area contributed by atoms with Gasteiger partial charge in [0.15, 0.2) is 0 Å². The van der Waals surface area contributed by atoms with Crippen LogP contribution in [0.1, 0.15) is 42.5 Å². The van der Waals surface area contributed by atoms with Crippen molar-refractivity contribution < 1.29 is 4.39 Å². The topological polar surface area (TPSA) is 26.0 Å². The lowest BCUT2D eigenvalue weighted by atomic mass is 9.96. The summed E-state index contributed by atoms with van der Waals surface area (Å²) in [5.41, 5.74) is 9.68. The van der Waals surface area contributed by atoms with Crippen LogP contribution in [-0.2, 0) is 6.42 Å². The molecule has 1 unspecified atom stereocenters. The summed E-state index contributed by atoms with van der Waals surface area (Å²) in [6, 6.07) is 13.0. The lowest BCUT2D eigenvalue weighted by Gasteiger charge is -2.15. The Balaban J connectivity index is 2.13.